The molecule has 0 aliphatic carbocycles. The van der Waals surface area contributed by atoms with Crippen molar-refractivity contribution >= 4 is 21.6 Å². The van der Waals surface area contributed by atoms with Gasteiger partial charge in [-0.25, -0.2) is 13.1 Å². The first-order chi connectivity index (χ1) is 13.9. The van der Waals surface area contributed by atoms with E-state index in [9.17, 15) is 13.2 Å². The maximum atomic E-state index is 12.9. The first kappa shape index (κ1) is 19.4. The van der Waals surface area contributed by atoms with E-state index in [1.807, 2.05) is 49.4 Å². The summed E-state index contributed by atoms with van der Waals surface area (Å²) in [5, 5.41) is 0. The molecule has 1 aliphatic heterocycles. The van der Waals surface area contributed by atoms with Crippen LogP contribution in [0.4, 0.5) is 5.69 Å². The Morgan fingerprint density at radius 1 is 1.00 bits per heavy atom. The lowest BCUT2D eigenvalue weighted by atomic mass is 10.1. The molecule has 1 heterocycles. The molecule has 29 heavy (non-hydrogen) atoms. The maximum Gasteiger partial charge on any atom is 0.258 e. The summed E-state index contributed by atoms with van der Waals surface area (Å²) in [6.07, 6.45) is 0.795. The molecule has 0 saturated carbocycles. The van der Waals surface area contributed by atoms with Crippen LogP contribution in [0.15, 0.2) is 77.7 Å². The molecule has 0 aromatic heterocycles. The Morgan fingerprint density at radius 2 is 1.72 bits per heavy atom. The maximum absolute atomic E-state index is 12.9. The highest BCUT2D eigenvalue weighted by molar-refractivity contribution is 7.89. The predicted molar refractivity (Wildman–Crippen MR) is 113 cm³/mol. The molecule has 0 fully saturated rings. The van der Waals surface area contributed by atoms with Crippen molar-refractivity contribution in [2.45, 2.75) is 24.8 Å². The van der Waals surface area contributed by atoms with E-state index in [0.29, 0.717) is 12.1 Å². The second kappa shape index (κ2) is 7.81. The Kier molecular flexibility index (Phi) is 5.22. The summed E-state index contributed by atoms with van der Waals surface area (Å²) >= 11 is 0. The van der Waals surface area contributed by atoms with E-state index >= 15 is 0 Å². The minimum atomic E-state index is -3.58. The number of carbonyl (C=O) groups is 1. The van der Waals surface area contributed by atoms with E-state index in [-0.39, 0.29) is 17.3 Å². The zero-order valence-corrected chi connectivity index (χ0v) is 16.9. The Labute approximate surface area is 171 Å². The molecule has 0 unspecified atom stereocenters. The molecule has 1 amide bonds. The zero-order chi connectivity index (χ0) is 20.4. The van der Waals surface area contributed by atoms with Gasteiger partial charge in [-0.05, 0) is 54.8 Å². The van der Waals surface area contributed by atoms with Gasteiger partial charge in [0.15, 0.2) is 0 Å². The summed E-state index contributed by atoms with van der Waals surface area (Å²) in [7, 11) is -3.58. The van der Waals surface area contributed by atoms with Crippen LogP contribution in [-0.2, 0) is 23.0 Å². The van der Waals surface area contributed by atoms with Crippen LogP contribution >= 0.6 is 0 Å². The summed E-state index contributed by atoms with van der Waals surface area (Å²) in [5.74, 6) is -0.0363. The van der Waals surface area contributed by atoms with Gasteiger partial charge in [-0.1, -0.05) is 48.0 Å². The first-order valence-electron chi connectivity index (χ1n) is 9.49. The summed E-state index contributed by atoms with van der Waals surface area (Å²) in [4.78, 5) is 15.0. The minimum absolute atomic E-state index is 0.0363. The second-order valence-corrected chi connectivity index (χ2v) is 8.94. The number of fused-ring (bicyclic) bond motifs is 1. The molecule has 0 saturated heterocycles. The van der Waals surface area contributed by atoms with Gasteiger partial charge in [0.05, 0.1) is 4.90 Å². The van der Waals surface area contributed by atoms with E-state index in [0.717, 1.165) is 28.8 Å². The molecule has 4 rings (SSSR count). The molecular formula is C23H22N2O3S. The monoisotopic (exact) mass is 406 g/mol. The van der Waals surface area contributed by atoms with Crippen molar-refractivity contribution in [3.8, 4) is 0 Å². The van der Waals surface area contributed by atoms with E-state index in [2.05, 4.69) is 4.72 Å². The number of amides is 1. The molecule has 0 radical (unpaired) electrons. The van der Waals surface area contributed by atoms with E-state index in [4.69, 9.17) is 0 Å². The molecule has 6 heteroatoms. The topological polar surface area (TPSA) is 66.5 Å². The van der Waals surface area contributed by atoms with Crippen LogP contribution in [0.5, 0.6) is 0 Å². The highest BCUT2D eigenvalue weighted by atomic mass is 32.2. The summed E-state index contributed by atoms with van der Waals surface area (Å²) in [5.41, 5.74) is 4.52. The van der Waals surface area contributed by atoms with Gasteiger partial charge < -0.3 is 4.90 Å². The number of hydrogen-bond donors (Lipinski definition) is 1. The number of nitrogens with zero attached hydrogens (tertiary/aromatic N) is 1. The quantitative estimate of drug-likeness (QED) is 0.703. The van der Waals surface area contributed by atoms with Crippen LogP contribution in [0, 0.1) is 6.92 Å². The van der Waals surface area contributed by atoms with Gasteiger partial charge in [-0.15, -0.1) is 0 Å². The second-order valence-electron chi connectivity index (χ2n) is 7.17. The summed E-state index contributed by atoms with van der Waals surface area (Å²) < 4.78 is 27.5. The van der Waals surface area contributed by atoms with Gasteiger partial charge in [0.1, 0.15) is 0 Å². The summed E-state index contributed by atoms with van der Waals surface area (Å²) in [6, 6.07) is 21.6. The van der Waals surface area contributed by atoms with Crippen LogP contribution in [0.1, 0.15) is 27.0 Å². The van der Waals surface area contributed by atoms with E-state index in [1.54, 1.807) is 35.2 Å². The number of sulfonamides is 1. The normalized spacial score (nSPS) is 13.3. The largest absolute Gasteiger partial charge is 0.308 e. The van der Waals surface area contributed by atoms with Crippen LogP contribution < -0.4 is 9.62 Å². The molecule has 0 spiro atoms. The molecule has 1 N–H and O–H groups in total. The van der Waals surface area contributed by atoms with Crippen molar-refractivity contribution in [1.29, 1.82) is 0 Å². The van der Waals surface area contributed by atoms with Crippen LogP contribution in [0.25, 0.3) is 0 Å². The lowest BCUT2D eigenvalue weighted by Gasteiger charge is -2.18. The van der Waals surface area contributed by atoms with Gasteiger partial charge in [-0.2, -0.15) is 0 Å². The van der Waals surface area contributed by atoms with Gasteiger partial charge in [0.2, 0.25) is 10.0 Å². The van der Waals surface area contributed by atoms with E-state index < -0.39 is 10.0 Å². The van der Waals surface area contributed by atoms with Gasteiger partial charge in [0.25, 0.3) is 5.91 Å². The van der Waals surface area contributed by atoms with Crippen molar-refractivity contribution in [1.82, 2.24) is 4.72 Å². The highest BCUT2D eigenvalue weighted by Gasteiger charge is 2.26. The number of nitrogens with one attached hydrogen (secondary N) is 1. The van der Waals surface area contributed by atoms with Crippen molar-refractivity contribution < 1.29 is 13.2 Å². The average Bonchev–Trinajstić information content (AvgIpc) is 3.16. The molecule has 3 aromatic carbocycles. The van der Waals surface area contributed by atoms with Crippen LogP contribution in [0.2, 0.25) is 0 Å². The van der Waals surface area contributed by atoms with Crippen molar-refractivity contribution in [2.75, 3.05) is 11.4 Å². The number of aryl methyl sites for hydroxylation is 1. The molecular weight excluding hydrogens is 384 g/mol. The van der Waals surface area contributed by atoms with Crippen LogP contribution in [0.3, 0.4) is 0 Å². The molecule has 148 valence electrons. The fourth-order valence-corrected chi connectivity index (χ4v) is 4.50. The van der Waals surface area contributed by atoms with Gasteiger partial charge >= 0.3 is 0 Å². The molecule has 1 aliphatic rings. The van der Waals surface area contributed by atoms with Crippen LogP contribution in [-0.4, -0.2) is 20.9 Å². The Balaban J connectivity index is 1.53. The highest BCUT2D eigenvalue weighted by Crippen LogP contribution is 2.30. The molecule has 3 aromatic rings. The summed E-state index contributed by atoms with van der Waals surface area (Å²) in [6.45, 7) is 2.78. The smallest absolute Gasteiger partial charge is 0.258 e. The Bertz CT molecular complexity index is 1140. The molecule has 5 nitrogen and oxygen atoms in total. The Hall–Kier alpha value is -2.96. The van der Waals surface area contributed by atoms with Crippen molar-refractivity contribution in [2.24, 2.45) is 0 Å². The fourth-order valence-electron chi connectivity index (χ4n) is 3.46. The van der Waals surface area contributed by atoms with Gasteiger partial charge in [-0.3, -0.25) is 4.79 Å². The number of benzene rings is 3. The van der Waals surface area contributed by atoms with Crippen molar-refractivity contribution in [3.05, 3.63) is 95.1 Å². The van der Waals surface area contributed by atoms with E-state index in [1.165, 1.54) is 0 Å². The first-order valence-corrected chi connectivity index (χ1v) is 11.0. The third kappa shape index (κ3) is 4.09. The molecule has 0 atom stereocenters. The Morgan fingerprint density at radius 3 is 2.45 bits per heavy atom. The third-order valence-corrected chi connectivity index (χ3v) is 6.53. The van der Waals surface area contributed by atoms with Crippen molar-refractivity contribution in [3.63, 3.8) is 0 Å². The lowest BCUT2D eigenvalue weighted by Crippen LogP contribution is -2.29. The number of hydrogen-bond acceptors (Lipinski definition) is 3. The SMILES string of the molecule is Cc1ccc(C(=O)N2CCc3ccc(CNS(=O)(=O)c4ccccc4)cc32)cc1. The number of rotatable bonds is 5. The average molecular weight is 407 g/mol. The minimum Gasteiger partial charge on any atom is -0.308 e. The zero-order valence-electron chi connectivity index (χ0n) is 16.1. The number of carbonyl (C=O) groups excluding carboxylic acids is 1. The molecule has 0 bridgehead atoms. The number of anilines is 1. The predicted octanol–water partition coefficient (Wildman–Crippen LogP) is 3.68. The standard InChI is InChI=1S/C23H22N2O3S/c1-17-7-10-20(11-8-17)23(26)25-14-13-19-12-9-18(15-22(19)25)16-24-29(27,28)21-5-3-2-4-6-21/h2-12,15,24H,13-14,16H2,1H3. The fraction of sp³-hybridized carbons (Fsp3) is 0.174. The lowest BCUT2D eigenvalue weighted by molar-refractivity contribution is 0.0989. The van der Waals surface area contributed by atoms with Gasteiger partial charge in [0, 0.05) is 24.3 Å². The third-order valence-electron chi connectivity index (χ3n) is 5.11.